The summed E-state index contributed by atoms with van der Waals surface area (Å²) in [5, 5.41) is 0.749. The number of rotatable bonds is 8. The van der Waals surface area contributed by atoms with E-state index in [1.807, 2.05) is 13.8 Å². The molecule has 0 bridgehead atoms. The van der Waals surface area contributed by atoms with Gasteiger partial charge in [-0.15, -0.1) is 0 Å². The zero-order valence-electron chi connectivity index (χ0n) is 18.6. The van der Waals surface area contributed by atoms with E-state index in [0.717, 1.165) is 0 Å². The fourth-order valence-electron chi connectivity index (χ4n) is 4.71. The number of benzene rings is 2. The molecule has 2 aromatic carbocycles. The van der Waals surface area contributed by atoms with Crippen LogP contribution in [0.25, 0.3) is 10.8 Å². The molecule has 2 unspecified atom stereocenters. The Hall–Kier alpha value is -3.10. The van der Waals surface area contributed by atoms with Crippen LogP contribution in [-0.2, 0) is 9.47 Å². The minimum Gasteiger partial charge on any atom is -0.383 e. The van der Waals surface area contributed by atoms with Crippen molar-refractivity contribution in [3.8, 4) is 0 Å². The van der Waals surface area contributed by atoms with Gasteiger partial charge in [-0.1, -0.05) is 13.8 Å². The maximum absolute atomic E-state index is 13.3. The molecule has 0 N–H and O–H groups in total. The number of imide groups is 2. The Kier molecular flexibility index (Phi) is 5.83. The quantitative estimate of drug-likeness (QED) is 0.589. The average Bonchev–Trinajstić information content (AvgIpc) is 2.79. The number of hydrogen-bond acceptors (Lipinski definition) is 6. The Morgan fingerprint density at radius 1 is 0.625 bits per heavy atom. The second-order valence-electron chi connectivity index (χ2n) is 8.07. The molecule has 8 heteroatoms. The maximum Gasteiger partial charge on any atom is 0.261 e. The molecular weight excluding hydrogens is 412 g/mol. The summed E-state index contributed by atoms with van der Waals surface area (Å²) < 4.78 is 10.4. The average molecular weight is 438 g/mol. The highest BCUT2D eigenvalue weighted by Crippen LogP contribution is 2.39. The molecule has 0 spiro atoms. The maximum atomic E-state index is 13.3. The van der Waals surface area contributed by atoms with Gasteiger partial charge in [-0.2, -0.15) is 0 Å². The van der Waals surface area contributed by atoms with E-state index in [4.69, 9.17) is 9.47 Å². The van der Waals surface area contributed by atoms with Crippen LogP contribution in [0.5, 0.6) is 0 Å². The van der Waals surface area contributed by atoms with E-state index in [9.17, 15) is 19.2 Å². The third-order valence-corrected chi connectivity index (χ3v) is 6.35. The summed E-state index contributed by atoms with van der Waals surface area (Å²) in [6, 6.07) is 5.50. The van der Waals surface area contributed by atoms with Crippen molar-refractivity contribution in [1.82, 2.24) is 9.80 Å². The molecule has 2 heterocycles. The molecule has 168 valence electrons. The molecule has 2 aliphatic heterocycles. The van der Waals surface area contributed by atoms with E-state index in [-0.39, 0.29) is 13.2 Å². The molecule has 0 radical (unpaired) electrons. The first-order valence-corrected chi connectivity index (χ1v) is 10.7. The van der Waals surface area contributed by atoms with E-state index in [1.165, 1.54) is 24.0 Å². The fourth-order valence-corrected chi connectivity index (χ4v) is 4.71. The first kappa shape index (κ1) is 22.1. The molecule has 0 aliphatic carbocycles. The van der Waals surface area contributed by atoms with Gasteiger partial charge in [-0.3, -0.25) is 29.0 Å². The molecule has 2 atom stereocenters. The van der Waals surface area contributed by atoms with Gasteiger partial charge in [0.25, 0.3) is 23.6 Å². The summed E-state index contributed by atoms with van der Waals surface area (Å²) in [6.07, 6.45) is 1.09. The van der Waals surface area contributed by atoms with Crippen molar-refractivity contribution >= 4 is 34.4 Å². The van der Waals surface area contributed by atoms with Crippen molar-refractivity contribution in [3.05, 3.63) is 46.5 Å². The highest BCUT2D eigenvalue weighted by atomic mass is 16.5. The van der Waals surface area contributed by atoms with Crippen LogP contribution in [0, 0.1) is 0 Å². The summed E-state index contributed by atoms with van der Waals surface area (Å²) in [7, 11) is 3.05. The highest BCUT2D eigenvalue weighted by Gasteiger charge is 2.42. The third-order valence-electron chi connectivity index (χ3n) is 6.35. The van der Waals surface area contributed by atoms with Gasteiger partial charge in [0.05, 0.1) is 25.3 Å². The summed E-state index contributed by atoms with van der Waals surface area (Å²) in [5.74, 6) is -1.77. The lowest BCUT2D eigenvalue weighted by atomic mass is 9.85. The van der Waals surface area contributed by atoms with Crippen molar-refractivity contribution < 1.29 is 28.7 Å². The topological polar surface area (TPSA) is 93.2 Å². The van der Waals surface area contributed by atoms with E-state index in [0.29, 0.717) is 45.9 Å². The second-order valence-corrected chi connectivity index (χ2v) is 8.07. The lowest BCUT2D eigenvalue weighted by Crippen LogP contribution is -2.50. The Labute approximate surface area is 186 Å². The molecule has 4 amide bonds. The Morgan fingerprint density at radius 2 is 0.906 bits per heavy atom. The minimum absolute atomic E-state index is 0.229. The standard InChI is InChI=1S/C24H26N2O6/c1-5-13(11-31-3)25-21(27)15-7-9-17-20-18(10-8-16(19(15)20)22(25)28)24(30)26(23(17)29)14(6-2)12-32-4/h7-10,13-14H,5-6,11-12H2,1-4H3. The normalized spacial score (nSPS) is 17.4. The Bertz CT molecular complexity index is 982. The lowest BCUT2D eigenvalue weighted by molar-refractivity contribution is 0.0404. The van der Waals surface area contributed by atoms with Crippen molar-refractivity contribution in [3.63, 3.8) is 0 Å². The third kappa shape index (κ3) is 3.05. The first-order valence-electron chi connectivity index (χ1n) is 10.7. The largest absolute Gasteiger partial charge is 0.383 e. The summed E-state index contributed by atoms with van der Waals surface area (Å²) in [5.41, 5.74) is 1.25. The second kappa shape index (κ2) is 8.44. The number of carbonyl (C=O) groups excluding carboxylic acids is 4. The van der Waals surface area contributed by atoms with E-state index >= 15 is 0 Å². The summed E-state index contributed by atoms with van der Waals surface area (Å²) in [4.78, 5) is 55.8. The molecule has 0 fully saturated rings. The van der Waals surface area contributed by atoms with Crippen molar-refractivity contribution in [2.75, 3.05) is 27.4 Å². The van der Waals surface area contributed by atoms with Gasteiger partial charge in [-0.05, 0) is 37.1 Å². The van der Waals surface area contributed by atoms with E-state index in [2.05, 4.69) is 0 Å². The predicted octanol–water partition coefficient (Wildman–Crippen LogP) is 2.88. The van der Waals surface area contributed by atoms with Gasteiger partial charge in [0.1, 0.15) is 0 Å². The number of amides is 4. The molecule has 0 saturated heterocycles. The molecule has 4 rings (SSSR count). The highest BCUT2D eigenvalue weighted by molar-refractivity contribution is 6.33. The van der Waals surface area contributed by atoms with Crippen molar-refractivity contribution in [2.24, 2.45) is 0 Å². The Balaban J connectivity index is 1.91. The predicted molar refractivity (Wildman–Crippen MR) is 117 cm³/mol. The number of nitrogens with zero attached hydrogens (tertiary/aromatic N) is 2. The number of hydrogen-bond donors (Lipinski definition) is 0. The van der Waals surface area contributed by atoms with Crippen LogP contribution >= 0.6 is 0 Å². The molecular formula is C24H26N2O6. The fraction of sp³-hybridized carbons (Fsp3) is 0.417. The summed E-state index contributed by atoms with van der Waals surface area (Å²) in [6.45, 7) is 4.23. The van der Waals surface area contributed by atoms with Crippen LogP contribution in [-0.4, -0.2) is 72.9 Å². The molecule has 0 saturated carbocycles. The van der Waals surface area contributed by atoms with Crippen LogP contribution in [0.1, 0.15) is 68.1 Å². The van der Waals surface area contributed by atoms with E-state index in [1.54, 1.807) is 24.3 Å². The van der Waals surface area contributed by atoms with Crippen LogP contribution in [0.3, 0.4) is 0 Å². The monoisotopic (exact) mass is 438 g/mol. The molecule has 2 aliphatic rings. The van der Waals surface area contributed by atoms with Gasteiger partial charge in [0.2, 0.25) is 0 Å². The van der Waals surface area contributed by atoms with Crippen LogP contribution in [0.4, 0.5) is 0 Å². The van der Waals surface area contributed by atoms with E-state index < -0.39 is 35.7 Å². The minimum atomic E-state index is -0.441. The molecule has 32 heavy (non-hydrogen) atoms. The Morgan fingerprint density at radius 3 is 1.12 bits per heavy atom. The van der Waals surface area contributed by atoms with Crippen LogP contribution in [0.15, 0.2) is 24.3 Å². The van der Waals surface area contributed by atoms with Gasteiger partial charge in [-0.25, -0.2) is 0 Å². The van der Waals surface area contributed by atoms with Gasteiger partial charge in [0.15, 0.2) is 0 Å². The van der Waals surface area contributed by atoms with Crippen LogP contribution in [0.2, 0.25) is 0 Å². The zero-order valence-corrected chi connectivity index (χ0v) is 18.6. The number of carbonyl (C=O) groups is 4. The van der Waals surface area contributed by atoms with Gasteiger partial charge in [0, 0.05) is 47.2 Å². The molecule has 8 nitrogen and oxygen atoms in total. The number of ether oxygens (including phenoxy) is 2. The lowest BCUT2D eigenvalue weighted by Gasteiger charge is -2.36. The zero-order chi connectivity index (χ0) is 23.2. The smallest absolute Gasteiger partial charge is 0.261 e. The number of methoxy groups -OCH3 is 2. The SMILES string of the molecule is CCC(COC)N1C(=O)c2ccc3c4c(ccc(c24)C1=O)C(=O)N(C(CC)COC)C3=O. The van der Waals surface area contributed by atoms with Crippen molar-refractivity contribution in [1.29, 1.82) is 0 Å². The van der Waals surface area contributed by atoms with Crippen LogP contribution < -0.4 is 0 Å². The first-order chi connectivity index (χ1) is 15.4. The summed E-state index contributed by atoms with van der Waals surface area (Å²) >= 11 is 0. The molecule has 2 aromatic rings. The van der Waals surface area contributed by atoms with Gasteiger partial charge >= 0.3 is 0 Å². The molecule has 0 aromatic heterocycles. The van der Waals surface area contributed by atoms with Gasteiger partial charge < -0.3 is 9.47 Å². The van der Waals surface area contributed by atoms with Crippen molar-refractivity contribution in [2.45, 2.75) is 38.8 Å².